The summed E-state index contributed by atoms with van der Waals surface area (Å²) in [5, 5.41) is 0.224. The van der Waals surface area contributed by atoms with Gasteiger partial charge in [-0.1, -0.05) is 41.5 Å². The molecule has 0 aromatic rings. The summed E-state index contributed by atoms with van der Waals surface area (Å²) in [5.74, 6) is 1.99. The number of rotatable bonds is 2. The van der Waals surface area contributed by atoms with Crippen molar-refractivity contribution < 1.29 is 14.0 Å². The van der Waals surface area contributed by atoms with Gasteiger partial charge in [0, 0.05) is 16.7 Å². The Morgan fingerprint density at radius 2 is 1.67 bits per heavy atom. The van der Waals surface area contributed by atoms with Crippen LogP contribution in [0, 0.1) is 45.3 Å². The summed E-state index contributed by atoms with van der Waals surface area (Å²) in [6.45, 7) is 18.8. The minimum atomic E-state index is -1.84. The Morgan fingerprint density at radius 1 is 1.00 bits per heavy atom. The first-order valence-corrected chi connectivity index (χ1v) is 15.3. The highest BCUT2D eigenvalue weighted by Crippen LogP contribution is 2.85. The van der Waals surface area contributed by atoms with Crippen LogP contribution in [0.3, 0.4) is 0 Å². The second-order valence-corrected chi connectivity index (χ2v) is 19.1. The minimum Gasteiger partial charge on any atom is -0.411 e. The smallest absolute Gasteiger partial charge is 0.192 e. The van der Waals surface area contributed by atoms with Gasteiger partial charge in [0.15, 0.2) is 19.9 Å². The van der Waals surface area contributed by atoms with E-state index < -0.39 is 13.7 Å². The molecule has 166 valence electrons. The van der Waals surface area contributed by atoms with E-state index in [1.165, 1.54) is 6.42 Å². The monoisotopic (exact) mass is 428 g/mol. The molecule has 30 heavy (non-hydrogen) atoms. The molecule has 0 heterocycles. The Hall–Kier alpha value is -0.483. The van der Waals surface area contributed by atoms with Gasteiger partial charge >= 0.3 is 0 Å². The highest BCUT2D eigenvalue weighted by atomic mass is 28.4. The molecule has 0 aromatic carbocycles. The normalized spacial score (nSPS) is 58.1. The first-order chi connectivity index (χ1) is 13.6. The van der Waals surface area contributed by atoms with Gasteiger partial charge in [-0.3, -0.25) is 9.59 Å². The van der Waals surface area contributed by atoms with Gasteiger partial charge < -0.3 is 4.43 Å². The highest BCUT2D eigenvalue weighted by molar-refractivity contribution is 6.74. The molecule has 0 aliphatic heterocycles. The van der Waals surface area contributed by atoms with Crippen molar-refractivity contribution in [3.8, 4) is 0 Å². The number of hydrogen-bond acceptors (Lipinski definition) is 3. The zero-order valence-electron chi connectivity index (χ0n) is 20.3. The predicted molar refractivity (Wildman–Crippen MR) is 119 cm³/mol. The van der Waals surface area contributed by atoms with Gasteiger partial charge in [0.1, 0.15) is 0 Å². The average molecular weight is 429 g/mol. The van der Waals surface area contributed by atoms with Crippen LogP contribution in [0.15, 0.2) is 0 Å². The van der Waals surface area contributed by atoms with Crippen LogP contribution in [-0.2, 0) is 14.0 Å². The van der Waals surface area contributed by atoms with E-state index in [1.807, 2.05) is 0 Å². The number of Topliss-reactive ketones (excluding diaryl/α,β-unsaturated/α-hetero) is 2. The lowest BCUT2D eigenvalue weighted by Crippen LogP contribution is -2.63. The lowest BCUT2D eigenvalue weighted by molar-refractivity contribution is -0.178. The average Bonchev–Trinajstić information content (AvgIpc) is 3.42. The summed E-state index contributed by atoms with van der Waals surface area (Å²) in [6, 6.07) is 0. The molecule has 7 aliphatic rings. The van der Waals surface area contributed by atoms with E-state index >= 15 is 0 Å². The lowest BCUT2D eigenvalue weighted by Gasteiger charge is -2.62. The number of hydrogen-bond donors (Lipinski definition) is 0. The van der Waals surface area contributed by atoms with Crippen molar-refractivity contribution in [2.24, 2.45) is 45.3 Å². The molecule has 0 N–H and O–H groups in total. The number of fused-ring (bicyclic) bond motifs is 3. The number of carbonyl (C=O) groups excluding carboxylic acids is 2. The highest BCUT2D eigenvalue weighted by Gasteiger charge is 2.89. The van der Waals surface area contributed by atoms with E-state index in [9.17, 15) is 9.59 Å². The second kappa shape index (κ2) is 4.88. The molecule has 9 atom stereocenters. The maximum atomic E-state index is 13.6. The molecule has 7 rings (SSSR count). The van der Waals surface area contributed by atoms with Crippen molar-refractivity contribution in [1.29, 1.82) is 0 Å². The second-order valence-electron chi connectivity index (χ2n) is 14.4. The lowest BCUT2D eigenvalue weighted by atomic mass is 9.41. The third-order valence-electron chi connectivity index (χ3n) is 12.5. The van der Waals surface area contributed by atoms with E-state index in [0.29, 0.717) is 23.4 Å². The summed E-state index contributed by atoms with van der Waals surface area (Å²) in [7, 11) is -1.84. The fourth-order valence-corrected chi connectivity index (χ4v) is 11.4. The molecule has 0 aromatic heterocycles. The van der Waals surface area contributed by atoms with Crippen molar-refractivity contribution >= 4 is 19.9 Å². The van der Waals surface area contributed by atoms with E-state index in [0.717, 1.165) is 32.1 Å². The molecule has 0 saturated heterocycles. The Kier molecular flexibility index (Phi) is 3.28. The maximum Gasteiger partial charge on any atom is 0.192 e. The molecule has 7 saturated carbocycles. The van der Waals surface area contributed by atoms with Gasteiger partial charge in [0.05, 0.1) is 11.0 Å². The van der Waals surface area contributed by atoms with Crippen molar-refractivity contribution in [2.45, 2.75) is 104 Å². The summed E-state index contributed by atoms with van der Waals surface area (Å²) in [6.07, 6.45) is 6.40. The third kappa shape index (κ3) is 1.77. The number of ketones is 2. The summed E-state index contributed by atoms with van der Waals surface area (Å²) < 4.78 is 7.17. The third-order valence-corrected chi connectivity index (χ3v) is 17.0. The Balaban J connectivity index is 1.35. The predicted octanol–water partition coefficient (Wildman–Crippen LogP) is 5.78. The molecule has 1 unspecified atom stereocenters. The van der Waals surface area contributed by atoms with Crippen LogP contribution in [0.4, 0.5) is 0 Å². The van der Waals surface area contributed by atoms with Crippen LogP contribution >= 0.6 is 0 Å². The minimum absolute atomic E-state index is 0.0452. The van der Waals surface area contributed by atoms with Crippen LogP contribution in [0.5, 0.6) is 0 Å². The zero-order chi connectivity index (χ0) is 21.9. The standard InChI is InChI=1S/C26H40O3Si/c1-21(2,3)30(7,8)29-25-12-11-22(4)16(23(25,5)14-25)9-10-26-17(22)13-15-18(19(26)27)24(15,6)20(26)28/h15-18H,9-14H2,1-8H3/t15-,16-,17-,18?,22+,23+,24-,25-,26-/m1/s1. The van der Waals surface area contributed by atoms with Crippen LogP contribution in [0.2, 0.25) is 18.1 Å². The van der Waals surface area contributed by atoms with Crippen LogP contribution in [-0.4, -0.2) is 25.5 Å². The van der Waals surface area contributed by atoms with Gasteiger partial charge in [-0.05, 0) is 79.8 Å². The molecule has 1 spiro atoms. The van der Waals surface area contributed by atoms with E-state index in [2.05, 4.69) is 54.6 Å². The van der Waals surface area contributed by atoms with Crippen LogP contribution in [0.1, 0.15) is 80.1 Å². The van der Waals surface area contributed by atoms with E-state index in [1.54, 1.807) is 0 Å². The maximum absolute atomic E-state index is 13.6. The van der Waals surface area contributed by atoms with Crippen molar-refractivity contribution in [3.63, 3.8) is 0 Å². The molecule has 0 amide bonds. The largest absolute Gasteiger partial charge is 0.411 e. The van der Waals surface area contributed by atoms with E-state index in [4.69, 9.17) is 4.43 Å². The molecule has 7 aliphatic carbocycles. The van der Waals surface area contributed by atoms with Crippen LogP contribution in [0.25, 0.3) is 0 Å². The Bertz CT molecular complexity index is 902. The SMILES string of the molecule is CC(C)(C)[Si](C)(C)O[C@@]12CC[C@@]3(C)[C@@H](CC[C@]45C(=O)C6[C@@H](C[C@@H]43)[C@@]6(C)C5=O)[C@]1(C)C2. The first kappa shape index (κ1) is 20.1. The van der Waals surface area contributed by atoms with Gasteiger partial charge in [0.2, 0.25) is 0 Å². The molecule has 7 fully saturated rings. The van der Waals surface area contributed by atoms with Gasteiger partial charge in [-0.25, -0.2) is 0 Å². The molecule has 0 radical (unpaired) electrons. The summed E-state index contributed by atoms with van der Waals surface area (Å²) in [5.41, 5.74) is -0.528. The Labute approximate surface area is 183 Å². The fourth-order valence-electron chi connectivity index (χ4n) is 9.67. The first-order valence-electron chi connectivity index (χ1n) is 12.4. The molecule has 3 nitrogen and oxygen atoms in total. The van der Waals surface area contributed by atoms with Crippen molar-refractivity contribution in [1.82, 2.24) is 0 Å². The van der Waals surface area contributed by atoms with E-state index in [-0.39, 0.29) is 38.7 Å². The van der Waals surface area contributed by atoms with Crippen molar-refractivity contribution in [2.75, 3.05) is 0 Å². The number of carbonyl (C=O) groups is 2. The van der Waals surface area contributed by atoms with Crippen molar-refractivity contribution in [3.05, 3.63) is 0 Å². The van der Waals surface area contributed by atoms with Gasteiger partial charge in [0.25, 0.3) is 0 Å². The van der Waals surface area contributed by atoms with Gasteiger partial charge in [-0.15, -0.1) is 0 Å². The fraction of sp³-hybridized carbons (Fsp3) is 0.923. The summed E-state index contributed by atoms with van der Waals surface area (Å²) in [4.78, 5) is 27.1. The summed E-state index contributed by atoms with van der Waals surface area (Å²) >= 11 is 0. The van der Waals surface area contributed by atoms with Gasteiger partial charge in [-0.2, -0.15) is 0 Å². The Morgan fingerprint density at radius 3 is 2.23 bits per heavy atom. The van der Waals surface area contributed by atoms with Crippen LogP contribution < -0.4 is 0 Å². The molecular weight excluding hydrogens is 388 g/mol. The molecular formula is C26H40O3Si. The quantitative estimate of drug-likeness (QED) is 0.414. The topological polar surface area (TPSA) is 43.4 Å². The molecule has 4 heteroatoms. The zero-order valence-corrected chi connectivity index (χ0v) is 21.3. The molecule has 4 bridgehead atoms.